The Morgan fingerprint density at radius 1 is 1.42 bits per heavy atom. The Bertz CT molecular complexity index is 526. The number of pyridine rings is 1. The Balaban J connectivity index is 2.70. The molecule has 0 atom stereocenters. The predicted molar refractivity (Wildman–Crippen MR) is 66.7 cm³/mol. The van der Waals surface area contributed by atoms with E-state index >= 15 is 0 Å². The number of nitrogens with one attached hydrogen (secondary N) is 1. The Morgan fingerprint density at radius 2 is 2.05 bits per heavy atom. The van der Waals surface area contributed by atoms with Crippen LogP contribution in [0.3, 0.4) is 0 Å². The first kappa shape index (κ1) is 16.0. The number of rotatable bonds is 5. The van der Waals surface area contributed by atoms with Gasteiger partial charge in [-0.25, -0.2) is 13.4 Å². The minimum Gasteiger partial charge on any atom is -0.280 e. The van der Waals surface area contributed by atoms with Gasteiger partial charge in [-0.1, -0.05) is 11.6 Å². The van der Waals surface area contributed by atoms with Gasteiger partial charge in [-0.2, -0.15) is 13.2 Å². The van der Waals surface area contributed by atoms with E-state index in [4.69, 9.17) is 11.6 Å². The minimum atomic E-state index is -4.36. The molecule has 19 heavy (non-hydrogen) atoms. The lowest BCUT2D eigenvalue weighted by Gasteiger charge is -2.11. The quantitative estimate of drug-likeness (QED) is 0.849. The highest BCUT2D eigenvalue weighted by molar-refractivity contribution is 7.92. The van der Waals surface area contributed by atoms with Gasteiger partial charge in [-0.3, -0.25) is 4.72 Å². The van der Waals surface area contributed by atoms with Crippen molar-refractivity contribution >= 4 is 27.3 Å². The molecule has 0 saturated carbocycles. The van der Waals surface area contributed by atoms with Crippen molar-refractivity contribution in [2.45, 2.75) is 25.9 Å². The lowest BCUT2D eigenvalue weighted by Crippen LogP contribution is -2.19. The first-order valence-corrected chi connectivity index (χ1v) is 7.32. The summed E-state index contributed by atoms with van der Waals surface area (Å²) < 4.78 is 61.2. The number of hydrogen-bond donors (Lipinski definition) is 1. The zero-order valence-electron chi connectivity index (χ0n) is 9.96. The molecule has 4 nitrogen and oxygen atoms in total. The van der Waals surface area contributed by atoms with Crippen molar-refractivity contribution in [1.82, 2.24) is 4.98 Å². The van der Waals surface area contributed by atoms with Crippen molar-refractivity contribution in [3.05, 3.63) is 23.0 Å². The van der Waals surface area contributed by atoms with Gasteiger partial charge in [0, 0.05) is 12.6 Å². The lowest BCUT2D eigenvalue weighted by atomic mass is 10.3. The van der Waals surface area contributed by atoms with Crippen LogP contribution in [0.5, 0.6) is 0 Å². The maximum Gasteiger partial charge on any atom is 0.389 e. The average molecular weight is 317 g/mol. The van der Waals surface area contributed by atoms with Crippen LogP contribution in [0.2, 0.25) is 5.15 Å². The van der Waals surface area contributed by atoms with Gasteiger partial charge in [0.05, 0.1) is 11.4 Å². The maximum absolute atomic E-state index is 11.9. The van der Waals surface area contributed by atoms with Crippen LogP contribution in [-0.4, -0.2) is 25.3 Å². The fraction of sp³-hybridized carbons (Fsp3) is 0.500. The van der Waals surface area contributed by atoms with E-state index in [0.717, 1.165) is 0 Å². The fourth-order valence-electron chi connectivity index (χ4n) is 1.32. The van der Waals surface area contributed by atoms with Crippen molar-refractivity contribution in [1.29, 1.82) is 0 Å². The Labute approximate surface area is 114 Å². The van der Waals surface area contributed by atoms with E-state index in [9.17, 15) is 21.6 Å². The van der Waals surface area contributed by atoms with Gasteiger partial charge in [0.25, 0.3) is 0 Å². The molecule has 0 fully saturated rings. The molecule has 0 saturated heterocycles. The van der Waals surface area contributed by atoms with Crippen LogP contribution in [0, 0.1) is 6.92 Å². The summed E-state index contributed by atoms with van der Waals surface area (Å²) in [4.78, 5) is 3.70. The van der Waals surface area contributed by atoms with Crippen LogP contribution in [0.15, 0.2) is 12.3 Å². The van der Waals surface area contributed by atoms with Crippen LogP contribution in [0.4, 0.5) is 18.9 Å². The Hall–Kier alpha value is -1.02. The summed E-state index contributed by atoms with van der Waals surface area (Å²) in [6.45, 7) is 1.61. The van der Waals surface area contributed by atoms with Crippen molar-refractivity contribution in [3.8, 4) is 0 Å². The van der Waals surface area contributed by atoms with Crippen molar-refractivity contribution in [2.24, 2.45) is 0 Å². The van der Waals surface area contributed by atoms with E-state index in [1.54, 1.807) is 13.0 Å². The number of alkyl halides is 3. The molecule has 1 N–H and O–H groups in total. The highest BCUT2D eigenvalue weighted by Gasteiger charge is 2.27. The van der Waals surface area contributed by atoms with Gasteiger partial charge in [0.15, 0.2) is 5.15 Å². The summed E-state index contributed by atoms with van der Waals surface area (Å²) in [6, 6.07) is 1.54. The molecule has 1 rings (SSSR count). The van der Waals surface area contributed by atoms with Crippen LogP contribution < -0.4 is 4.72 Å². The lowest BCUT2D eigenvalue weighted by molar-refractivity contribution is -0.134. The summed E-state index contributed by atoms with van der Waals surface area (Å²) in [5.41, 5.74) is 0.635. The van der Waals surface area contributed by atoms with Crippen LogP contribution >= 0.6 is 11.6 Å². The molecule has 9 heteroatoms. The highest BCUT2D eigenvalue weighted by Crippen LogP contribution is 2.25. The van der Waals surface area contributed by atoms with E-state index in [2.05, 4.69) is 9.71 Å². The van der Waals surface area contributed by atoms with E-state index in [-0.39, 0.29) is 10.8 Å². The zero-order valence-corrected chi connectivity index (χ0v) is 11.5. The molecular formula is C10H12ClF3N2O2S. The van der Waals surface area contributed by atoms with Crippen molar-refractivity contribution in [3.63, 3.8) is 0 Å². The second kappa shape index (κ2) is 5.96. The van der Waals surface area contributed by atoms with Crippen LogP contribution in [0.1, 0.15) is 18.4 Å². The molecule has 0 radical (unpaired) electrons. The number of sulfonamides is 1. The molecule has 0 unspecified atom stereocenters. The molecular weight excluding hydrogens is 305 g/mol. The van der Waals surface area contributed by atoms with E-state index in [1.807, 2.05) is 0 Å². The fourth-order valence-corrected chi connectivity index (χ4v) is 2.82. The SMILES string of the molecule is Cc1ccnc(Cl)c1NS(=O)(=O)CCCC(F)(F)F. The summed E-state index contributed by atoms with van der Waals surface area (Å²) in [5.74, 6) is -0.628. The molecule has 1 aromatic rings. The van der Waals surface area contributed by atoms with E-state index < -0.39 is 34.8 Å². The molecule has 0 spiro atoms. The molecule has 0 amide bonds. The molecule has 0 aromatic carbocycles. The summed E-state index contributed by atoms with van der Waals surface area (Å²) >= 11 is 5.72. The molecule has 108 valence electrons. The van der Waals surface area contributed by atoms with Gasteiger partial charge in [0.2, 0.25) is 10.0 Å². The van der Waals surface area contributed by atoms with E-state index in [0.29, 0.717) is 5.56 Å². The summed E-state index contributed by atoms with van der Waals surface area (Å²) in [6.07, 6.45) is -4.61. The van der Waals surface area contributed by atoms with Gasteiger partial charge in [-0.15, -0.1) is 0 Å². The normalized spacial score (nSPS) is 12.5. The topological polar surface area (TPSA) is 59.1 Å². The van der Waals surface area contributed by atoms with Gasteiger partial charge < -0.3 is 0 Å². The number of nitrogens with zero attached hydrogens (tertiary/aromatic N) is 1. The minimum absolute atomic E-state index is 0.0422. The predicted octanol–water partition coefficient (Wildman–Crippen LogP) is 3.13. The monoisotopic (exact) mass is 316 g/mol. The third-order valence-electron chi connectivity index (χ3n) is 2.24. The number of hydrogen-bond acceptors (Lipinski definition) is 3. The standard InChI is InChI=1S/C10H12ClF3N2O2S/c1-7-3-5-15-9(11)8(7)16-19(17,18)6-2-4-10(12,13)14/h3,5,16H,2,4,6H2,1H3. The van der Waals surface area contributed by atoms with Crippen molar-refractivity contribution < 1.29 is 21.6 Å². The second-order valence-corrected chi connectivity index (χ2v) is 6.13. The average Bonchev–Trinajstić information content (AvgIpc) is 2.21. The smallest absolute Gasteiger partial charge is 0.280 e. The van der Waals surface area contributed by atoms with Gasteiger partial charge in [0.1, 0.15) is 0 Å². The first-order chi connectivity index (χ1) is 8.61. The molecule has 0 aliphatic carbocycles. The second-order valence-electron chi connectivity index (χ2n) is 3.93. The Morgan fingerprint density at radius 3 is 2.58 bits per heavy atom. The highest BCUT2D eigenvalue weighted by atomic mass is 35.5. The molecule has 0 aliphatic heterocycles. The molecule has 0 bridgehead atoms. The zero-order chi connectivity index (χ0) is 14.7. The number of aryl methyl sites for hydroxylation is 1. The third kappa shape index (κ3) is 5.65. The van der Waals surface area contributed by atoms with E-state index in [1.165, 1.54) is 6.20 Å². The molecule has 1 heterocycles. The van der Waals surface area contributed by atoms with Crippen molar-refractivity contribution in [2.75, 3.05) is 10.5 Å². The summed E-state index contributed by atoms with van der Waals surface area (Å²) in [5, 5.41) is -0.0422. The number of anilines is 1. The maximum atomic E-state index is 11.9. The number of aromatic nitrogens is 1. The molecule has 0 aliphatic rings. The summed E-state index contributed by atoms with van der Waals surface area (Å²) in [7, 11) is -3.88. The largest absolute Gasteiger partial charge is 0.389 e. The van der Waals surface area contributed by atoms with Crippen LogP contribution in [0.25, 0.3) is 0 Å². The Kier molecular flexibility index (Phi) is 5.03. The van der Waals surface area contributed by atoms with Gasteiger partial charge in [-0.05, 0) is 25.0 Å². The number of halogens is 4. The first-order valence-electron chi connectivity index (χ1n) is 5.29. The van der Waals surface area contributed by atoms with Gasteiger partial charge >= 0.3 is 6.18 Å². The molecule has 1 aromatic heterocycles. The third-order valence-corrected chi connectivity index (χ3v) is 3.87. The van der Waals surface area contributed by atoms with Crippen LogP contribution in [-0.2, 0) is 10.0 Å².